The number of carboxylic acids is 1. The van der Waals surface area contributed by atoms with Crippen LogP contribution in [0.4, 0.5) is 0 Å². The Hall–Kier alpha value is -1.62. The highest BCUT2D eigenvalue weighted by molar-refractivity contribution is 7.09. The second kappa shape index (κ2) is 6.52. The minimum atomic E-state index is -0.886. The third-order valence-electron chi connectivity index (χ3n) is 3.34. The molecule has 2 rings (SSSR count). The fourth-order valence-electron chi connectivity index (χ4n) is 2.27. The molecule has 0 spiro atoms. The molecule has 2 N–H and O–H groups in total. The van der Waals surface area contributed by atoms with Crippen LogP contribution in [-0.2, 0) is 16.0 Å². The highest BCUT2D eigenvalue weighted by Crippen LogP contribution is 2.26. The molecule has 19 heavy (non-hydrogen) atoms. The van der Waals surface area contributed by atoms with Gasteiger partial charge in [0.05, 0.1) is 11.8 Å². The summed E-state index contributed by atoms with van der Waals surface area (Å²) in [7, 11) is 0. The number of carbonyl (C=O) groups excluding carboxylic acids is 1. The summed E-state index contributed by atoms with van der Waals surface area (Å²) in [6.45, 7) is 0.561. The maximum Gasteiger partial charge on any atom is 0.307 e. The molecule has 0 fully saturated rings. The van der Waals surface area contributed by atoms with Gasteiger partial charge in [0.2, 0.25) is 5.91 Å². The minimum Gasteiger partial charge on any atom is -0.481 e. The van der Waals surface area contributed by atoms with Gasteiger partial charge in [-0.05, 0) is 30.7 Å². The molecule has 0 radical (unpaired) electrons. The molecule has 1 aliphatic rings. The summed E-state index contributed by atoms with van der Waals surface area (Å²) >= 11 is 1.66. The van der Waals surface area contributed by atoms with Gasteiger partial charge in [-0.15, -0.1) is 11.3 Å². The highest BCUT2D eigenvalue weighted by atomic mass is 32.1. The van der Waals surface area contributed by atoms with Crippen LogP contribution in [0.1, 0.15) is 17.7 Å². The van der Waals surface area contributed by atoms with Crippen LogP contribution in [0.25, 0.3) is 0 Å². The molecule has 1 heterocycles. The number of hydrogen-bond donors (Lipinski definition) is 2. The molecule has 0 aromatic carbocycles. The van der Waals surface area contributed by atoms with Crippen molar-refractivity contribution in [2.24, 2.45) is 11.8 Å². The summed E-state index contributed by atoms with van der Waals surface area (Å²) in [6, 6.07) is 4.01. The first-order valence-electron chi connectivity index (χ1n) is 6.36. The molecule has 102 valence electrons. The zero-order valence-corrected chi connectivity index (χ0v) is 11.4. The Labute approximate surface area is 116 Å². The fourth-order valence-corrected chi connectivity index (χ4v) is 2.98. The largest absolute Gasteiger partial charge is 0.481 e. The van der Waals surface area contributed by atoms with Gasteiger partial charge in [-0.25, -0.2) is 0 Å². The van der Waals surface area contributed by atoms with Gasteiger partial charge < -0.3 is 10.4 Å². The van der Waals surface area contributed by atoms with Crippen molar-refractivity contribution in [1.82, 2.24) is 5.32 Å². The average Bonchev–Trinajstić information content (AvgIpc) is 2.91. The number of nitrogens with one attached hydrogen (secondary N) is 1. The monoisotopic (exact) mass is 279 g/mol. The predicted molar refractivity (Wildman–Crippen MR) is 74.0 cm³/mol. The van der Waals surface area contributed by atoms with Crippen molar-refractivity contribution < 1.29 is 14.7 Å². The first-order valence-corrected chi connectivity index (χ1v) is 7.24. The number of carbonyl (C=O) groups is 2. The van der Waals surface area contributed by atoms with Crippen molar-refractivity contribution >= 4 is 23.2 Å². The number of rotatable bonds is 5. The molecule has 0 aliphatic heterocycles. The van der Waals surface area contributed by atoms with E-state index in [0.29, 0.717) is 19.4 Å². The molecule has 1 aliphatic carbocycles. The van der Waals surface area contributed by atoms with E-state index in [1.807, 2.05) is 29.7 Å². The molecule has 1 amide bonds. The van der Waals surface area contributed by atoms with Gasteiger partial charge in [-0.3, -0.25) is 9.59 Å². The molecule has 0 bridgehead atoms. The molecule has 5 heteroatoms. The summed E-state index contributed by atoms with van der Waals surface area (Å²) in [6.07, 6.45) is 5.49. The van der Waals surface area contributed by atoms with E-state index < -0.39 is 17.8 Å². The number of amides is 1. The van der Waals surface area contributed by atoms with Crippen LogP contribution in [0.3, 0.4) is 0 Å². The van der Waals surface area contributed by atoms with Crippen molar-refractivity contribution in [2.75, 3.05) is 6.54 Å². The molecule has 0 saturated carbocycles. The first-order chi connectivity index (χ1) is 9.18. The maximum atomic E-state index is 12.0. The van der Waals surface area contributed by atoms with Crippen LogP contribution in [0, 0.1) is 11.8 Å². The second-order valence-corrected chi connectivity index (χ2v) is 5.65. The Morgan fingerprint density at radius 3 is 2.68 bits per heavy atom. The van der Waals surface area contributed by atoms with Crippen LogP contribution in [0.5, 0.6) is 0 Å². The van der Waals surface area contributed by atoms with Gasteiger partial charge in [-0.1, -0.05) is 18.2 Å². The molecule has 0 saturated heterocycles. The van der Waals surface area contributed by atoms with Crippen molar-refractivity contribution in [3.63, 3.8) is 0 Å². The Morgan fingerprint density at radius 2 is 2.05 bits per heavy atom. The molecular formula is C14H17NO3S. The first kappa shape index (κ1) is 13.8. The Kier molecular flexibility index (Phi) is 4.74. The Balaban J connectivity index is 1.84. The molecule has 1 aromatic rings. The summed E-state index contributed by atoms with van der Waals surface area (Å²) < 4.78 is 0. The summed E-state index contributed by atoms with van der Waals surface area (Å²) in [5.41, 5.74) is 0. The Morgan fingerprint density at radius 1 is 1.32 bits per heavy atom. The highest BCUT2D eigenvalue weighted by Gasteiger charge is 2.33. The molecule has 2 unspecified atom stereocenters. The molecule has 1 aromatic heterocycles. The van der Waals surface area contributed by atoms with Crippen molar-refractivity contribution in [3.05, 3.63) is 34.5 Å². The number of hydrogen-bond acceptors (Lipinski definition) is 3. The lowest BCUT2D eigenvalue weighted by molar-refractivity contribution is -0.147. The van der Waals surface area contributed by atoms with Crippen LogP contribution < -0.4 is 5.32 Å². The van der Waals surface area contributed by atoms with Gasteiger partial charge in [0.25, 0.3) is 0 Å². The van der Waals surface area contributed by atoms with Crippen LogP contribution in [-0.4, -0.2) is 23.5 Å². The van der Waals surface area contributed by atoms with E-state index in [1.54, 1.807) is 11.3 Å². The standard InChI is InChI=1S/C14H17NO3S/c16-13(15-8-7-10-4-3-9-19-10)11-5-1-2-6-12(11)14(17)18/h1-4,9,11-12H,5-8H2,(H,15,16)(H,17,18). The van der Waals surface area contributed by atoms with Gasteiger partial charge in [0.1, 0.15) is 0 Å². The lowest BCUT2D eigenvalue weighted by Crippen LogP contribution is -2.39. The van der Waals surface area contributed by atoms with Crippen molar-refractivity contribution in [2.45, 2.75) is 19.3 Å². The van der Waals surface area contributed by atoms with Crippen molar-refractivity contribution in [3.8, 4) is 0 Å². The summed E-state index contributed by atoms with van der Waals surface area (Å²) in [4.78, 5) is 24.4. The number of aliphatic carboxylic acids is 1. The van der Waals surface area contributed by atoms with Gasteiger partial charge >= 0.3 is 5.97 Å². The number of allylic oxidation sites excluding steroid dienone is 2. The van der Waals surface area contributed by atoms with E-state index in [2.05, 4.69) is 5.32 Å². The summed E-state index contributed by atoms with van der Waals surface area (Å²) in [5, 5.41) is 14.0. The zero-order valence-electron chi connectivity index (χ0n) is 10.5. The van der Waals surface area contributed by atoms with E-state index in [9.17, 15) is 9.59 Å². The number of carboxylic acid groups (broad SMARTS) is 1. The van der Waals surface area contributed by atoms with Crippen molar-refractivity contribution in [1.29, 1.82) is 0 Å². The third kappa shape index (κ3) is 3.67. The average molecular weight is 279 g/mol. The summed E-state index contributed by atoms with van der Waals surface area (Å²) in [5.74, 6) is -2.06. The topological polar surface area (TPSA) is 66.4 Å². The second-order valence-electron chi connectivity index (χ2n) is 4.61. The minimum absolute atomic E-state index is 0.145. The van der Waals surface area contributed by atoms with E-state index in [-0.39, 0.29) is 5.91 Å². The SMILES string of the molecule is O=C(O)C1CC=CCC1C(=O)NCCc1cccs1. The van der Waals surface area contributed by atoms with Crippen LogP contribution in [0.15, 0.2) is 29.7 Å². The third-order valence-corrected chi connectivity index (χ3v) is 4.27. The van der Waals surface area contributed by atoms with Gasteiger partial charge in [0.15, 0.2) is 0 Å². The smallest absolute Gasteiger partial charge is 0.307 e. The van der Waals surface area contributed by atoms with E-state index in [4.69, 9.17) is 5.11 Å². The van der Waals surface area contributed by atoms with E-state index >= 15 is 0 Å². The van der Waals surface area contributed by atoms with E-state index in [0.717, 1.165) is 6.42 Å². The number of thiophene rings is 1. The van der Waals surface area contributed by atoms with Gasteiger partial charge in [0, 0.05) is 11.4 Å². The quantitative estimate of drug-likeness (QED) is 0.811. The van der Waals surface area contributed by atoms with Crippen LogP contribution in [0.2, 0.25) is 0 Å². The van der Waals surface area contributed by atoms with Crippen LogP contribution >= 0.6 is 11.3 Å². The Bertz CT molecular complexity index is 467. The van der Waals surface area contributed by atoms with Gasteiger partial charge in [-0.2, -0.15) is 0 Å². The molecular weight excluding hydrogens is 262 g/mol. The molecule has 4 nitrogen and oxygen atoms in total. The van der Waals surface area contributed by atoms with E-state index in [1.165, 1.54) is 4.88 Å². The maximum absolute atomic E-state index is 12.0. The predicted octanol–water partition coefficient (Wildman–Crippen LogP) is 2.07. The lowest BCUT2D eigenvalue weighted by atomic mass is 9.82. The lowest BCUT2D eigenvalue weighted by Gasteiger charge is -2.24. The fraction of sp³-hybridized carbons (Fsp3) is 0.429. The zero-order chi connectivity index (χ0) is 13.7. The normalized spacial score (nSPS) is 22.1. The molecule has 2 atom stereocenters.